The lowest BCUT2D eigenvalue weighted by Crippen LogP contribution is -2.62. The zero-order chi connectivity index (χ0) is 18.1. The molecule has 2 unspecified atom stereocenters. The van der Waals surface area contributed by atoms with Gasteiger partial charge in [-0.05, 0) is 55.9 Å². The highest BCUT2D eigenvalue weighted by Crippen LogP contribution is 2.53. The molecule has 148 valence electrons. The van der Waals surface area contributed by atoms with Crippen LogP contribution >= 0.6 is 0 Å². The van der Waals surface area contributed by atoms with E-state index in [9.17, 15) is 0 Å². The summed E-state index contributed by atoms with van der Waals surface area (Å²) in [6.45, 7) is 14.7. The van der Waals surface area contributed by atoms with Crippen molar-refractivity contribution in [3.8, 4) is 0 Å². The first-order chi connectivity index (χ1) is 12.1. The van der Waals surface area contributed by atoms with Crippen LogP contribution in [0.25, 0.3) is 0 Å². The molecule has 1 aliphatic heterocycles. The van der Waals surface area contributed by atoms with Gasteiger partial charge in [-0.2, -0.15) is 0 Å². The van der Waals surface area contributed by atoms with Crippen molar-refractivity contribution < 1.29 is 0 Å². The Morgan fingerprint density at radius 3 is 2.32 bits per heavy atom. The smallest absolute Gasteiger partial charge is 0.00670 e. The molecule has 0 amide bonds. The van der Waals surface area contributed by atoms with Crippen molar-refractivity contribution in [3.05, 3.63) is 0 Å². The number of likely N-dealkylation sites (tertiary alicyclic amines) is 1. The lowest BCUT2D eigenvalue weighted by atomic mass is 9.57. The summed E-state index contributed by atoms with van der Waals surface area (Å²) >= 11 is 0. The predicted molar refractivity (Wildman–Crippen MR) is 111 cm³/mol. The van der Waals surface area contributed by atoms with Gasteiger partial charge in [0.05, 0.1) is 0 Å². The SMILES string of the molecule is CCCCCC(CCCC)NCCC1CC2(C1)CN(CC(C)CC)C2. The third kappa shape index (κ3) is 6.86. The first kappa shape index (κ1) is 21.2. The summed E-state index contributed by atoms with van der Waals surface area (Å²) in [5.74, 6) is 1.89. The van der Waals surface area contributed by atoms with Crippen LogP contribution in [0.3, 0.4) is 0 Å². The molecule has 1 saturated heterocycles. The van der Waals surface area contributed by atoms with Gasteiger partial charge in [-0.25, -0.2) is 0 Å². The summed E-state index contributed by atoms with van der Waals surface area (Å²) < 4.78 is 0. The Morgan fingerprint density at radius 1 is 1.00 bits per heavy atom. The van der Waals surface area contributed by atoms with Gasteiger partial charge < -0.3 is 10.2 Å². The van der Waals surface area contributed by atoms with Crippen molar-refractivity contribution >= 4 is 0 Å². The van der Waals surface area contributed by atoms with E-state index in [1.165, 1.54) is 96.8 Å². The van der Waals surface area contributed by atoms with Crippen LogP contribution < -0.4 is 5.32 Å². The Bertz CT molecular complexity index is 340. The summed E-state index contributed by atoms with van der Waals surface area (Å²) in [4.78, 5) is 2.71. The van der Waals surface area contributed by atoms with Crippen molar-refractivity contribution in [3.63, 3.8) is 0 Å². The Hall–Kier alpha value is -0.0800. The minimum absolute atomic E-state index is 0.751. The van der Waals surface area contributed by atoms with Crippen LogP contribution in [-0.2, 0) is 0 Å². The van der Waals surface area contributed by atoms with Gasteiger partial charge in [-0.3, -0.25) is 0 Å². The normalized spacial score (nSPS) is 22.6. The summed E-state index contributed by atoms with van der Waals surface area (Å²) in [7, 11) is 0. The molecule has 2 nitrogen and oxygen atoms in total. The standard InChI is InChI=1S/C23H46N2/c1-5-8-10-12-22(11-9-6-2)24-14-13-21-15-23(16-21)18-25(19-23)17-20(4)7-3/h20-22,24H,5-19H2,1-4H3. The van der Waals surface area contributed by atoms with E-state index >= 15 is 0 Å². The van der Waals surface area contributed by atoms with Gasteiger partial charge in [0.15, 0.2) is 0 Å². The van der Waals surface area contributed by atoms with E-state index in [1.807, 2.05) is 0 Å². The molecule has 2 heteroatoms. The predicted octanol–water partition coefficient (Wildman–Crippen LogP) is 5.86. The third-order valence-electron chi connectivity index (χ3n) is 6.88. The van der Waals surface area contributed by atoms with E-state index < -0.39 is 0 Å². The van der Waals surface area contributed by atoms with Crippen LogP contribution in [0, 0.1) is 17.3 Å². The topological polar surface area (TPSA) is 15.3 Å². The molecule has 0 aromatic heterocycles. The second kappa shape index (κ2) is 10.9. The van der Waals surface area contributed by atoms with E-state index in [4.69, 9.17) is 0 Å². The minimum Gasteiger partial charge on any atom is -0.314 e. The fraction of sp³-hybridized carbons (Fsp3) is 1.00. The average molecular weight is 351 g/mol. The second-order valence-corrected chi connectivity index (χ2v) is 9.54. The number of hydrogen-bond donors (Lipinski definition) is 1. The van der Waals surface area contributed by atoms with Gasteiger partial charge in [0.1, 0.15) is 0 Å². The molecule has 2 fully saturated rings. The van der Waals surface area contributed by atoms with Gasteiger partial charge in [-0.15, -0.1) is 0 Å². The molecule has 2 rings (SSSR count). The Morgan fingerprint density at radius 2 is 1.68 bits per heavy atom. The van der Waals surface area contributed by atoms with E-state index in [0.29, 0.717) is 0 Å². The molecular formula is C23H46N2. The molecule has 1 heterocycles. The van der Waals surface area contributed by atoms with Crippen LogP contribution in [-0.4, -0.2) is 37.1 Å². The van der Waals surface area contributed by atoms with Gasteiger partial charge >= 0.3 is 0 Å². The molecule has 0 radical (unpaired) electrons. The fourth-order valence-electron chi connectivity index (χ4n) is 5.16. The highest BCUT2D eigenvalue weighted by Gasteiger charge is 2.51. The lowest BCUT2D eigenvalue weighted by molar-refractivity contribution is -0.100. The molecule has 1 N–H and O–H groups in total. The van der Waals surface area contributed by atoms with Crippen molar-refractivity contribution in [1.29, 1.82) is 0 Å². The highest BCUT2D eigenvalue weighted by molar-refractivity contribution is 5.04. The fourth-order valence-corrected chi connectivity index (χ4v) is 5.16. The largest absolute Gasteiger partial charge is 0.314 e. The Labute approximate surface area is 158 Å². The number of nitrogens with one attached hydrogen (secondary N) is 1. The number of hydrogen-bond acceptors (Lipinski definition) is 2. The molecule has 1 spiro atoms. The first-order valence-electron chi connectivity index (χ1n) is 11.6. The number of unbranched alkanes of at least 4 members (excludes halogenated alkanes) is 3. The van der Waals surface area contributed by atoms with Gasteiger partial charge in [0, 0.05) is 25.7 Å². The third-order valence-corrected chi connectivity index (χ3v) is 6.88. The highest BCUT2D eigenvalue weighted by atomic mass is 15.2. The van der Waals surface area contributed by atoms with E-state index in [2.05, 4.69) is 37.9 Å². The van der Waals surface area contributed by atoms with Crippen LogP contribution in [0.5, 0.6) is 0 Å². The van der Waals surface area contributed by atoms with Crippen molar-refractivity contribution in [2.24, 2.45) is 17.3 Å². The molecule has 2 atom stereocenters. The maximum atomic E-state index is 3.91. The molecule has 1 saturated carbocycles. The van der Waals surface area contributed by atoms with Gasteiger partial charge in [-0.1, -0.05) is 66.2 Å². The molecule has 0 bridgehead atoms. The quantitative estimate of drug-likeness (QED) is 0.394. The van der Waals surface area contributed by atoms with Crippen molar-refractivity contribution in [2.75, 3.05) is 26.2 Å². The van der Waals surface area contributed by atoms with Crippen LogP contribution in [0.1, 0.15) is 98.3 Å². The van der Waals surface area contributed by atoms with Crippen LogP contribution in [0.4, 0.5) is 0 Å². The van der Waals surface area contributed by atoms with Gasteiger partial charge in [0.25, 0.3) is 0 Å². The first-order valence-corrected chi connectivity index (χ1v) is 11.6. The monoisotopic (exact) mass is 350 g/mol. The maximum absolute atomic E-state index is 3.91. The van der Waals surface area contributed by atoms with E-state index in [0.717, 1.165) is 23.3 Å². The van der Waals surface area contributed by atoms with Crippen LogP contribution in [0.2, 0.25) is 0 Å². The van der Waals surface area contributed by atoms with Gasteiger partial charge in [0.2, 0.25) is 0 Å². The maximum Gasteiger partial charge on any atom is 0.00670 e. The second-order valence-electron chi connectivity index (χ2n) is 9.54. The molecule has 0 aromatic rings. The Kier molecular flexibility index (Phi) is 9.27. The summed E-state index contributed by atoms with van der Waals surface area (Å²) in [6, 6.07) is 0.787. The molecular weight excluding hydrogens is 304 g/mol. The number of nitrogens with zero attached hydrogens (tertiary/aromatic N) is 1. The van der Waals surface area contributed by atoms with E-state index in [-0.39, 0.29) is 0 Å². The van der Waals surface area contributed by atoms with Crippen molar-refractivity contribution in [2.45, 2.75) is 104 Å². The summed E-state index contributed by atoms with van der Waals surface area (Å²) in [6.07, 6.45) is 15.5. The molecule has 2 aliphatic rings. The number of rotatable bonds is 14. The average Bonchev–Trinajstić information content (AvgIpc) is 2.54. The van der Waals surface area contributed by atoms with Crippen molar-refractivity contribution in [1.82, 2.24) is 10.2 Å². The zero-order valence-corrected chi connectivity index (χ0v) is 17.8. The summed E-state index contributed by atoms with van der Waals surface area (Å²) in [5, 5.41) is 3.91. The Balaban J connectivity index is 1.54. The summed E-state index contributed by atoms with van der Waals surface area (Å²) in [5.41, 5.74) is 0.751. The zero-order valence-electron chi connectivity index (χ0n) is 17.8. The molecule has 1 aliphatic carbocycles. The minimum atomic E-state index is 0.751. The molecule has 25 heavy (non-hydrogen) atoms. The van der Waals surface area contributed by atoms with E-state index in [1.54, 1.807) is 0 Å². The van der Waals surface area contributed by atoms with Crippen LogP contribution in [0.15, 0.2) is 0 Å². The molecule has 0 aromatic carbocycles. The lowest BCUT2D eigenvalue weighted by Gasteiger charge is -2.60.